The number of ether oxygens (including phenoxy) is 1. The number of para-hydroxylation sites is 1. The number of nitrogens with zero attached hydrogens (tertiary/aromatic N) is 3. The van der Waals surface area contributed by atoms with E-state index in [1.54, 1.807) is 0 Å². The molecule has 1 fully saturated rings. The van der Waals surface area contributed by atoms with Gasteiger partial charge in [-0.15, -0.1) is 11.3 Å². The molecule has 0 unspecified atom stereocenters. The molecule has 1 aliphatic heterocycles. The summed E-state index contributed by atoms with van der Waals surface area (Å²) < 4.78 is 7.26. The summed E-state index contributed by atoms with van der Waals surface area (Å²) in [4.78, 5) is 18.7. The molecule has 0 bridgehead atoms. The fourth-order valence-corrected chi connectivity index (χ4v) is 4.69. The Balaban J connectivity index is 1.67. The number of piperazine rings is 1. The fraction of sp³-hybridized carbons (Fsp3) is 0.421. The molecule has 0 saturated carbocycles. The molecule has 1 saturated heterocycles. The molecule has 2 aromatic heterocycles. The minimum absolute atomic E-state index is 0.254. The number of hydrogen-bond donors (Lipinski definition) is 0. The van der Waals surface area contributed by atoms with E-state index in [2.05, 4.69) is 45.7 Å². The van der Waals surface area contributed by atoms with Crippen molar-refractivity contribution < 1.29 is 9.53 Å². The normalized spacial score (nSPS) is 16.7. The van der Waals surface area contributed by atoms with Crippen LogP contribution < -0.4 is 0 Å². The molecule has 3 heterocycles. The molecular formula is C19H23N3O2S. The number of esters is 1. The summed E-state index contributed by atoms with van der Waals surface area (Å²) in [5.41, 5.74) is 1.24. The van der Waals surface area contributed by atoms with Gasteiger partial charge in [0, 0.05) is 55.6 Å². The van der Waals surface area contributed by atoms with Gasteiger partial charge in [-0.3, -0.25) is 4.90 Å². The molecule has 0 spiro atoms. The van der Waals surface area contributed by atoms with Gasteiger partial charge in [0.25, 0.3) is 0 Å². The van der Waals surface area contributed by atoms with Gasteiger partial charge < -0.3 is 14.2 Å². The summed E-state index contributed by atoms with van der Waals surface area (Å²) in [6, 6.07) is 10.4. The highest BCUT2D eigenvalue weighted by atomic mass is 32.1. The molecule has 0 N–H and O–H groups in total. The molecule has 1 aromatic carbocycles. The Morgan fingerprint density at radius 2 is 1.88 bits per heavy atom. The molecule has 0 aliphatic carbocycles. The number of fused-ring (bicyclic) bond motifs is 3. The fourth-order valence-electron chi connectivity index (χ4n) is 3.56. The summed E-state index contributed by atoms with van der Waals surface area (Å²) in [5.74, 6) is -0.254. The predicted octanol–water partition coefficient (Wildman–Crippen LogP) is 2.89. The van der Waals surface area contributed by atoms with E-state index in [1.165, 1.54) is 29.3 Å². The summed E-state index contributed by atoms with van der Waals surface area (Å²) in [7, 11) is 3.62. The number of carbonyl (C=O) groups is 1. The monoisotopic (exact) mass is 357 g/mol. The third-order valence-corrected chi connectivity index (χ3v) is 6.20. The number of aromatic nitrogens is 1. The quantitative estimate of drug-likeness (QED) is 0.673. The number of likely N-dealkylation sites (N-methyl/N-ethyl adjacent to an activating group) is 1. The van der Waals surface area contributed by atoms with Gasteiger partial charge in [0.2, 0.25) is 0 Å². The minimum Gasteiger partial charge on any atom is -0.465 e. The number of methoxy groups -OCH3 is 1. The van der Waals surface area contributed by atoms with Gasteiger partial charge in [0.15, 0.2) is 0 Å². The lowest BCUT2D eigenvalue weighted by Gasteiger charge is -2.32. The van der Waals surface area contributed by atoms with Crippen LogP contribution >= 0.6 is 11.3 Å². The third kappa shape index (κ3) is 3.05. The van der Waals surface area contributed by atoms with Crippen LogP contribution in [0.5, 0.6) is 0 Å². The molecule has 0 amide bonds. The van der Waals surface area contributed by atoms with Gasteiger partial charge in [0.1, 0.15) is 9.71 Å². The van der Waals surface area contributed by atoms with Crippen molar-refractivity contribution in [1.29, 1.82) is 0 Å². The van der Waals surface area contributed by atoms with Crippen LogP contribution in [0.4, 0.5) is 0 Å². The first-order chi connectivity index (χ1) is 12.2. The van der Waals surface area contributed by atoms with Crippen molar-refractivity contribution in [3.63, 3.8) is 0 Å². The van der Waals surface area contributed by atoms with E-state index in [-0.39, 0.29) is 5.97 Å². The lowest BCUT2D eigenvalue weighted by molar-refractivity contribution is 0.0606. The Morgan fingerprint density at radius 3 is 2.64 bits per heavy atom. The van der Waals surface area contributed by atoms with E-state index in [0.29, 0.717) is 4.88 Å². The van der Waals surface area contributed by atoms with E-state index in [0.717, 1.165) is 49.5 Å². The Bertz CT molecular complexity index is 906. The molecule has 6 heteroatoms. The average Bonchev–Trinajstić information content (AvgIpc) is 3.19. The van der Waals surface area contributed by atoms with E-state index >= 15 is 0 Å². The summed E-state index contributed by atoms with van der Waals surface area (Å²) in [5, 5.41) is 2.36. The Kier molecular flexibility index (Phi) is 4.50. The van der Waals surface area contributed by atoms with Crippen LogP contribution in [0.3, 0.4) is 0 Å². The average molecular weight is 357 g/mol. The maximum absolute atomic E-state index is 11.9. The Morgan fingerprint density at radius 1 is 1.12 bits per heavy atom. The van der Waals surface area contributed by atoms with Gasteiger partial charge in [-0.2, -0.15) is 0 Å². The van der Waals surface area contributed by atoms with E-state index in [4.69, 9.17) is 4.74 Å². The largest absolute Gasteiger partial charge is 0.465 e. The van der Waals surface area contributed by atoms with Crippen LogP contribution in [0.1, 0.15) is 9.67 Å². The van der Waals surface area contributed by atoms with Gasteiger partial charge in [-0.05, 0) is 19.2 Å². The van der Waals surface area contributed by atoms with Crippen molar-refractivity contribution in [3.8, 4) is 0 Å². The Hall–Kier alpha value is -1.89. The lowest BCUT2D eigenvalue weighted by atomic mass is 10.2. The van der Waals surface area contributed by atoms with Crippen LogP contribution in [0.15, 0.2) is 30.3 Å². The van der Waals surface area contributed by atoms with Crippen molar-refractivity contribution in [3.05, 3.63) is 35.2 Å². The highest BCUT2D eigenvalue weighted by molar-refractivity contribution is 7.20. The van der Waals surface area contributed by atoms with Crippen LogP contribution in [-0.4, -0.2) is 67.2 Å². The van der Waals surface area contributed by atoms with Gasteiger partial charge >= 0.3 is 5.97 Å². The first-order valence-corrected chi connectivity index (χ1v) is 9.49. The van der Waals surface area contributed by atoms with Gasteiger partial charge in [-0.1, -0.05) is 18.2 Å². The molecule has 4 rings (SSSR count). The van der Waals surface area contributed by atoms with Crippen molar-refractivity contribution in [1.82, 2.24) is 14.4 Å². The van der Waals surface area contributed by atoms with Gasteiger partial charge in [-0.25, -0.2) is 4.79 Å². The highest BCUT2D eigenvalue weighted by Crippen LogP contribution is 2.35. The standard InChI is InChI=1S/C19H23N3O2S/c1-20-7-9-21(10-8-20)11-12-22-16-6-4-3-5-14(16)15-13-17(19(23)24-2)25-18(15)22/h3-6,13H,7-12H2,1-2H3. The first-order valence-electron chi connectivity index (χ1n) is 8.67. The maximum atomic E-state index is 11.9. The minimum atomic E-state index is -0.254. The van der Waals surface area contributed by atoms with Crippen LogP contribution in [0, 0.1) is 0 Å². The number of carbonyl (C=O) groups excluding carboxylic acids is 1. The number of hydrogen-bond acceptors (Lipinski definition) is 5. The zero-order chi connectivity index (χ0) is 17.4. The summed E-state index contributed by atoms with van der Waals surface area (Å²) >= 11 is 1.53. The third-order valence-electron chi connectivity index (χ3n) is 5.06. The van der Waals surface area contributed by atoms with Gasteiger partial charge in [0.05, 0.1) is 7.11 Å². The van der Waals surface area contributed by atoms with Crippen molar-refractivity contribution >= 4 is 38.4 Å². The zero-order valence-electron chi connectivity index (χ0n) is 14.7. The lowest BCUT2D eigenvalue weighted by Crippen LogP contribution is -2.45. The molecular weight excluding hydrogens is 334 g/mol. The van der Waals surface area contributed by atoms with Crippen LogP contribution in [0.2, 0.25) is 0 Å². The summed E-state index contributed by atoms with van der Waals surface area (Å²) in [6.45, 7) is 6.48. The van der Waals surface area contributed by atoms with Crippen molar-refractivity contribution in [2.24, 2.45) is 0 Å². The van der Waals surface area contributed by atoms with Crippen LogP contribution in [-0.2, 0) is 11.3 Å². The molecule has 132 valence electrons. The van der Waals surface area contributed by atoms with E-state index in [1.807, 2.05) is 6.07 Å². The zero-order valence-corrected chi connectivity index (χ0v) is 15.5. The second-order valence-electron chi connectivity index (χ2n) is 6.63. The number of benzene rings is 1. The molecule has 0 radical (unpaired) electrons. The highest BCUT2D eigenvalue weighted by Gasteiger charge is 2.19. The van der Waals surface area contributed by atoms with Crippen LogP contribution in [0.25, 0.3) is 21.1 Å². The number of thiophene rings is 1. The predicted molar refractivity (Wildman–Crippen MR) is 103 cm³/mol. The van der Waals surface area contributed by atoms with E-state index < -0.39 is 0 Å². The van der Waals surface area contributed by atoms with E-state index in [9.17, 15) is 4.79 Å². The topological polar surface area (TPSA) is 37.7 Å². The molecule has 0 atom stereocenters. The molecule has 3 aromatic rings. The maximum Gasteiger partial charge on any atom is 0.348 e. The molecule has 25 heavy (non-hydrogen) atoms. The SMILES string of the molecule is COC(=O)c1cc2c3ccccc3n(CCN3CCN(C)CC3)c2s1. The Labute approximate surface area is 151 Å². The first kappa shape index (κ1) is 16.6. The van der Waals surface area contributed by atoms with Crippen molar-refractivity contribution in [2.45, 2.75) is 6.54 Å². The van der Waals surface area contributed by atoms with Crippen molar-refractivity contribution in [2.75, 3.05) is 46.9 Å². The molecule has 1 aliphatic rings. The smallest absolute Gasteiger partial charge is 0.348 e. The second kappa shape index (κ2) is 6.78. The number of rotatable bonds is 4. The second-order valence-corrected chi connectivity index (χ2v) is 7.67. The molecule has 5 nitrogen and oxygen atoms in total. The summed E-state index contributed by atoms with van der Waals surface area (Å²) in [6.07, 6.45) is 0.